The molecule has 0 spiro atoms. The molecule has 0 amide bonds. The van der Waals surface area contributed by atoms with Crippen molar-refractivity contribution in [1.82, 2.24) is 4.90 Å². The molecule has 0 radical (unpaired) electrons. The number of fused-ring (bicyclic) bond motifs is 1. The highest BCUT2D eigenvalue weighted by Crippen LogP contribution is 2.27. The number of carbonyl (C=O) groups is 1. The van der Waals surface area contributed by atoms with Crippen molar-refractivity contribution in [2.45, 2.75) is 45.4 Å². The summed E-state index contributed by atoms with van der Waals surface area (Å²) in [6.07, 6.45) is 7.09. The summed E-state index contributed by atoms with van der Waals surface area (Å²) in [7, 11) is 0. The van der Waals surface area contributed by atoms with Gasteiger partial charge in [-0.15, -0.1) is 0 Å². The van der Waals surface area contributed by atoms with E-state index in [9.17, 15) is 4.79 Å². The summed E-state index contributed by atoms with van der Waals surface area (Å²) in [5.74, 6) is 1.39. The highest BCUT2D eigenvalue weighted by Gasteiger charge is 2.23. The number of carbonyl (C=O) groups excluding carboxylic acids is 1. The highest BCUT2D eigenvalue weighted by atomic mass is 16.5. The second-order valence-electron chi connectivity index (χ2n) is 6.61. The molecule has 1 fully saturated rings. The van der Waals surface area contributed by atoms with Gasteiger partial charge in [0.2, 0.25) is 0 Å². The van der Waals surface area contributed by atoms with E-state index in [2.05, 4.69) is 17.9 Å². The zero-order valence-corrected chi connectivity index (χ0v) is 13.6. The third-order valence-electron chi connectivity index (χ3n) is 5.01. The van der Waals surface area contributed by atoms with Crippen molar-refractivity contribution in [3.05, 3.63) is 29.3 Å². The molecule has 2 aliphatic heterocycles. The summed E-state index contributed by atoms with van der Waals surface area (Å²) in [6, 6.07) is 5.96. The van der Waals surface area contributed by atoms with Gasteiger partial charge in [0.05, 0.1) is 6.61 Å². The van der Waals surface area contributed by atoms with Crippen molar-refractivity contribution >= 4 is 5.78 Å². The summed E-state index contributed by atoms with van der Waals surface area (Å²) >= 11 is 0. The molecule has 0 aromatic heterocycles. The number of ether oxygens (including phenoxy) is 1. The second-order valence-corrected chi connectivity index (χ2v) is 6.61. The van der Waals surface area contributed by atoms with Gasteiger partial charge in [-0.1, -0.05) is 19.8 Å². The normalized spacial score (nSPS) is 20.0. The molecule has 1 saturated heterocycles. The van der Waals surface area contributed by atoms with E-state index in [1.165, 1.54) is 31.2 Å². The van der Waals surface area contributed by atoms with Crippen LogP contribution in [-0.2, 0) is 6.42 Å². The zero-order chi connectivity index (χ0) is 15.4. The first-order valence-corrected chi connectivity index (χ1v) is 8.80. The van der Waals surface area contributed by atoms with Crippen LogP contribution in [-0.4, -0.2) is 36.9 Å². The van der Waals surface area contributed by atoms with Crippen LogP contribution in [0.4, 0.5) is 0 Å². The Hall–Kier alpha value is -1.35. The fourth-order valence-electron chi connectivity index (χ4n) is 3.60. The van der Waals surface area contributed by atoms with Gasteiger partial charge in [-0.25, -0.2) is 0 Å². The van der Waals surface area contributed by atoms with Gasteiger partial charge >= 0.3 is 0 Å². The maximum atomic E-state index is 12.9. The SMILES string of the molecule is CCC(CN1CCCCCC1)C(=O)c1ccc2c(c1)CCO2. The van der Waals surface area contributed by atoms with Crippen LogP contribution in [0.1, 0.15) is 54.9 Å². The minimum Gasteiger partial charge on any atom is -0.493 e. The van der Waals surface area contributed by atoms with Crippen LogP contribution in [0.5, 0.6) is 5.75 Å². The fraction of sp³-hybridized carbons (Fsp3) is 0.632. The summed E-state index contributed by atoms with van der Waals surface area (Å²) in [5, 5.41) is 0. The fourth-order valence-corrected chi connectivity index (χ4v) is 3.60. The lowest BCUT2D eigenvalue weighted by Gasteiger charge is -2.25. The second kappa shape index (κ2) is 7.28. The quantitative estimate of drug-likeness (QED) is 0.777. The Morgan fingerprint density at radius 2 is 2.00 bits per heavy atom. The van der Waals surface area contributed by atoms with Gasteiger partial charge in [0.15, 0.2) is 5.78 Å². The first kappa shape index (κ1) is 15.5. The smallest absolute Gasteiger partial charge is 0.167 e. The molecule has 0 aliphatic carbocycles. The maximum Gasteiger partial charge on any atom is 0.167 e. The molecular weight excluding hydrogens is 274 g/mol. The third kappa shape index (κ3) is 3.52. The lowest BCUT2D eigenvalue weighted by Crippen LogP contribution is -2.33. The molecule has 0 bridgehead atoms. The Bertz CT molecular complexity index is 518. The molecule has 2 aliphatic rings. The Morgan fingerprint density at radius 1 is 1.23 bits per heavy atom. The van der Waals surface area contributed by atoms with E-state index < -0.39 is 0 Å². The molecule has 3 rings (SSSR count). The Kier molecular flexibility index (Phi) is 5.14. The van der Waals surface area contributed by atoms with E-state index in [0.29, 0.717) is 5.78 Å². The van der Waals surface area contributed by atoms with Crippen molar-refractivity contribution < 1.29 is 9.53 Å². The van der Waals surface area contributed by atoms with Crippen LogP contribution in [0.25, 0.3) is 0 Å². The summed E-state index contributed by atoms with van der Waals surface area (Å²) in [5.41, 5.74) is 2.06. The average molecular weight is 301 g/mol. The minimum atomic E-state index is 0.124. The Morgan fingerprint density at radius 3 is 2.73 bits per heavy atom. The van der Waals surface area contributed by atoms with Gasteiger partial charge in [0.25, 0.3) is 0 Å². The van der Waals surface area contributed by atoms with Crippen LogP contribution in [0.2, 0.25) is 0 Å². The topological polar surface area (TPSA) is 29.5 Å². The minimum absolute atomic E-state index is 0.124. The molecular formula is C19H27NO2. The highest BCUT2D eigenvalue weighted by molar-refractivity contribution is 5.98. The van der Waals surface area contributed by atoms with Crippen LogP contribution >= 0.6 is 0 Å². The number of hydrogen-bond donors (Lipinski definition) is 0. The Balaban J connectivity index is 1.68. The van der Waals surface area contributed by atoms with Gasteiger partial charge in [-0.3, -0.25) is 4.79 Å². The molecule has 2 heterocycles. The molecule has 1 aromatic rings. The van der Waals surface area contributed by atoms with Crippen molar-refractivity contribution in [3.63, 3.8) is 0 Å². The van der Waals surface area contributed by atoms with Gasteiger partial charge in [0, 0.05) is 24.4 Å². The molecule has 0 saturated carbocycles. The van der Waals surface area contributed by atoms with Crippen LogP contribution in [0.3, 0.4) is 0 Å². The monoisotopic (exact) mass is 301 g/mol. The van der Waals surface area contributed by atoms with Gasteiger partial charge < -0.3 is 9.64 Å². The standard InChI is InChI=1S/C19H27NO2/c1-2-15(14-20-10-5-3-4-6-11-20)19(21)17-7-8-18-16(13-17)9-12-22-18/h7-8,13,15H,2-6,9-12,14H2,1H3. The first-order chi connectivity index (χ1) is 10.8. The number of likely N-dealkylation sites (tertiary alicyclic amines) is 1. The van der Waals surface area contributed by atoms with Crippen molar-refractivity contribution in [3.8, 4) is 5.75 Å². The van der Waals surface area contributed by atoms with Crippen molar-refractivity contribution in [2.75, 3.05) is 26.2 Å². The summed E-state index contributed by atoms with van der Waals surface area (Å²) in [4.78, 5) is 15.4. The lowest BCUT2D eigenvalue weighted by molar-refractivity contribution is 0.0877. The molecule has 3 nitrogen and oxygen atoms in total. The van der Waals surface area contributed by atoms with Crippen LogP contribution in [0.15, 0.2) is 18.2 Å². The van der Waals surface area contributed by atoms with Gasteiger partial charge in [-0.2, -0.15) is 0 Å². The van der Waals surface area contributed by atoms with Gasteiger partial charge in [0.1, 0.15) is 5.75 Å². The van der Waals surface area contributed by atoms with Crippen LogP contribution in [0, 0.1) is 5.92 Å². The number of nitrogens with zero attached hydrogens (tertiary/aromatic N) is 1. The molecule has 1 unspecified atom stereocenters. The van der Waals surface area contributed by atoms with E-state index in [1.807, 2.05) is 12.1 Å². The average Bonchev–Trinajstić information content (AvgIpc) is 2.86. The lowest BCUT2D eigenvalue weighted by atomic mass is 9.93. The summed E-state index contributed by atoms with van der Waals surface area (Å²) < 4.78 is 5.54. The van der Waals surface area contributed by atoms with Crippen molar-refractivity contribution in [2.24, 2.45) is 5.92 Å². The zero-order valence-electron chi connectivity index (χ0n) is 13.6. The predicted molar refractivity (Wildman–Crippen MR) is 88.7 cm³/mol. The van der Waals surface area contributed by atoms with E-state index >= 15 is 0 Å². The van der Waals surface area contributed by atoms with Crippen LogP contribution < -0.4 is 4.74 Å². The van der Waals surface area contributed by atoms with E-state index in [0.717, 1.165) is 50.4 Å². The largest absolute Gasteiger partial charge is 0.493 e. The van der Waals surface area contributed by atoms with E-state index in [-0.39, 0.29) is 5.92 Å². The maximum absolute atomic E-state index is 12.9. The van der Waals surface area contributed by atoms with Crippen molar-refractivity contribution in [1.29, 1.82) is 0 Å². The Labute approximate surface area is 133 Å². The molecule has 3 heteroatoms. The number of Topliss-reactive ketones (excluding diaryl/α,β-unsaturated/α-hetero) is 1. The van der Waals surface area contributed by atoms with E-state index in [1.54, 1.807) is 0 Å². The predicted octanol–water partition coefficient (Wildman–Crippen LogP) is 3.71. The number of rotatable bonds is 5. The molecule has 1 atom stereocenters. The molecule has 120 valence electrons. The molecule has 0 N–H and O–H groups in total. The number of benzene rings is 1. The summed E-state index contributed by atoms with van der Waals surface area (Å²) in [6.45, 7) is 6.11. The first-order valence-electron chi connectivity index (χ1n) is 8.80. The third-order valence-corrected chi connectivity index (χ3v) is 5.01. The molecule has 22 heavy (non-hydrogen) atoms. The molecule has 1 aromatic carbocycles. The van der Waals surface area contributed by atoms with E-state index in [4.69, 9.17) is 4.74 Å². The number of ketones is 1. The van der Waals surface area contributed by atoms with Gasteiger partial charge in [-0.05, 0) is 56.1 Å². The number of hydrogen-bond acceptors (Lipinski definition) is 3.